The van der Waals surface area contributed by atoms with Gasteiger partial charge in [0.05, 0.1) is 7.11 Å². The lowest BCUT2D eigenvalue weighted by atomic mass is 10.1. The smallest absolute Gasteiger partial charge is 0.135 e. The van der Waals surface area contributed by atoms with E-state index in [1.54, 1.807) is 7.11 Å². The number of hydrogen-bond donors (Lipinski definition) is 0. The molecule has 80 valence electrons. The summed E-state index contributed by atoms with van der Waals surface area (Å²) in [6.07, 6.45) is 7.06. The predicted octanol–water partition coefficient (Wildman–Crippen LogP) is 1.74. The zero-order valence-electron chi connectivity index (χ0n) is 9.12. The molecule has 0 N–H and O–H groups in total. The molecule has 0 atom stereocenters. The SMILES string of the molecule is C=c1cc2oc3c(c2cc1OC)CC=CC=3. The highest BCUT2D eigenvalue weighted by atomic mass is 16.5. The molecule has 0 aliphatic heterocycles. The molecule has 2 aromatic rings. The molecule has 0 spiro atoms. The minimum atomic E-state index is 0.811. The summed E-state index contributed by atoms with van der Waals surface area (Å²) >= 11 is 0. The van der Waals surface area contributed by atoms with Crippen molar-refractivity contribution in [3.63, 3.8) is 0 Å². The molecule has 16 heavy (non-hydrogen) atoms. The number of rotatable bonds is 1. The van der Waals surface area contributed by atoms with Gasteiger partial charge in [0.2, 0.25) is 0 Å². The number of ether oxygens (including phenoxy) is 1. The largest absolute Gasteiger partial charge is 0.496 e. The lowest BCUT2D eigenvalue weighted by Crippen LogP contribution is -2.05. The molecule has 1 aliphatic carbocycles. The summed E-state index contributed by atoms with van der Waals surface area (Å²) in [6, 6.07) is 3.94. The second-order valence-electron chi connectivity index (χ2n) is 3.90. The first-order valence-electron chi connectivity index (χ1n) is 5.25. The van der Waals surface area contributed by atoms with Crippen molar-refractivity contribution < 1.29 is 9.15 Å². The van der Waals surface area contributed by atoms with Crippen molar-refractivity contribution >= 4 is 23.6 Å². The van der Waals surface area contributed by atoms with Crippen LogP contribution >= 0.6 is 0 Å². The molecule has 0 bridgehead atoms. The minimum Gasteiger partial charge on any atom is -0.496 e. The Morgan fingerprint density at radius 3 is 3.06 bits per heavy atom. The van der Waals surface area contributed by atoms with Crippen LogP contribution < -0.4 is 15.4 Å². The minimum absolute atomic E-state index is 0.811. The molecule has 0 saturated carbocycles. The lowest BCUT2D eigenvalue weighted by molar-refractivity contribution is 0.412. The van der Waals surface area contributed by atoms with Crippen LogP contribution in [0.25, 0.3) is 23.6 Å². The number of allylic oxidation sites excluding steroid dienone is 2. The Kier molecular flexibility index (Phi) is 1.90. The van der Waals surface area contributed by atoms with E-state index in [2.05, 4.69) is 12.7 Å². The third-order valence-electron chi connectivity index (χ3n) is 2.93. The van der Waals surface area contributed by atoms with Crippen molar-refractivity contribution in [2.24, 2.45) is 0 Å². The van der Waals surface area contributed by atoms with E-state index >= 15 is 0 Å². The van der Waals surface area contributed by atoms with E-state index in [-0.39, 0.29) is 0 Å². The molecule has 1 heterocycles. The summed E-state index contributed by atoms with van der Waals surface area (Å²) in [4.78, 5) is 0. The fourth-order valence-electron chi connectivity index (χ4n) is 2.11. The van der Waals surface area contributed by atoms with E-state index in [1.165, 1.54) is 5.56 Å². The van der Waals surface area contributed by atoms with Crippen molar-refractivity contribution in [2.75, 3.05) is 7.11 Å². The number of hydrogen-bond acceptors (Lipinski definition) is 2. The molecule has 1 aromatic heterocycles. The van der Waals surface area contributed by atoms with E-state index < -0.39 is 0 Å². The third kappa shape index (κ3) is 1.20. The zero-order chi connectivity index (χ0) is 11.1. The van der Waals surface area contributed by atoms with E-state index in [4.69, 9.17) is 9.15 Å². The van der Waals surface area contributed by atoms with Crippen molar-refractivity contribution in [3.05, 3.63) is 40.5 Å². The fourth-order valence-corrected chi connectivity index (χ4v) is 2.11. The fraction of sp³-hybridized carbons (Fsp3) is 0.143. The Balaban J connectivity index is 2.43. The van der Waals surface area contributed by atoms with Crippen LogP contribution in [0.3, 0.4) is 0 Å². The highest BCUT2D eigenvalue weighted by Gasteiger charge is 2.11. The van der Waals surface area contributed by atoms with E-state index in [1.807, 2.05) is 24.3 Å². The maximum atomic E-state index is 5.77. The average molecular weight is 212 g/mol. The van der Waals surface area contributed by atoms with Crippen molar-refractivity contribution in [1.29, 1.82) is 0 Å². The van der Waals surface area contributed by atoms with Crippen LogP contribution in [-0.2, 0) is 6.42 Å². The van der Waals surface area contributed by atoms with Gasteiger partial charge in [-0.1, -0.05) is 18.7 Å². The van der Waals surface area contributed by atoms with Crippen LogP contribution in [0.5, 0.6) is 5.75 Å². The molecule has 0 unspecified atom stereocenters. The summed E-state index contributed by atoms with van der Waals surface area (Å²) in [5.41, 5.74) is 3.07. The summed E-state index contributed by atoms with van der Waals surface area (Å²) in [6.45, 7) is 3.94. The van der Waals surface area contributed by atoms with Gasteiger partial charge in [-0.2, -0.15) is 0 Å². The molecular formula is C14H12O2. The first-order valence-corrected chi connectivity index (χ1v) is 5.25. The van der Waals surface area contributed by atoms with Gasteiger partial charge in [-0.3, -0.25) is 0 Å². The Bertz CT molecular complexity index is 690. The van der Waals surface area contributed by atoms with Gasteiger partial charge in [-0.15, -0.1) is 0 Å². The molecule has 3 rings (SSSR count). The second kappa shape index (κ2) is 3.27. The van der Waals surface area contributed by atoms with Gasteiger partial charge in [0, 0.05) is 16.2 Å². The zero-order valence-corrected chi connectivity index (χ0v) is 9.12. The first-order chi connectivity index (χ1) is 7.79. The summed E-state index contributed by atoms with van der Waals surface area (Å²) < 4.78 is 11.0. The van der Waals surface area contributed by atoms with Crippen LogP contribution in [0.15, 0.2) is 28.7 Å². The van der Waals surface area contributed by atoms with Gasteiger partial charge in [0.25, 0.3) is 0 Å². The highest BCUT2D eigenvalue weighted by Crippen LogP contribution is 2.21. The van der Waals surface area contributed by atoms with Crippen LogP contribution in [0.1, 0.15) is 5.56 Å². The second-order valence-corrected chi connectivity index (χ2v) is 3.90. The normalized spacial score (nSPS) is 13.6. The number of benzene rings is 1. The van der Waals surface area contributed by atoms with E-state index in [0.29, 0.717) is 0 Å². The Hall–Kier alpha value is -1.96. The van der Waals surface area contributed by atoms with Crippen LogP contribution in [-0.4, -0.2) is 7.11 Å². The molecular weight excluding hydrogens is 200 g/mol. The molecule has 1 aromatic carbocycles. The molecule has 2 heteroatoms. The predicted molar refractivity (Wildman–Crippen MR) is 64.8 cm³/mol. The molecule has 0 saturated heterocycles. The summed E-state index contributed by atoms with van der Waals surface area (Å²) in [5.74, 6) is 0.811. The van der Waals surface area contributed by atoms with Crippen LogP contribution in [0.4, 0.5) is 0 Å². The summed E-state index contributed by atoms with van der Waals surface area (Å²) in [5, 5.41) is 1.98. The third-order valence-corrected chi connectivity index (χ3v) is 2.93. The number of fused-ring (bicyclic) bond motifs is 3. The first kappa shape index (κ1) is 9.28. The van der Waals surface area contributed by atoms with Gasteiger partial charge in [-0.05, 0) is 24.6 Å². The quantitative estimate of drug-likeness (QED) is 0.718. The van der Waals surface area contributed by atoms with E-state index in [9.17, 15) is 0 Å². The van der Waals surface area contributed by atoms with Crippen molar-refractivity contribution in [3.8, 4) is 5.75 Å². The van der Waals surface area contributed by atoms with Gasteiger partial charge in [0.15, 0.2) is 0 Å². The van der Waals surface area contributed by atoms with Crippen molar-refractivity contribution in [2.45, 2.75) is 6.42 Å². The maximum absolute atomic E-state index is 5.77. The topological polar surface area (TPSA) is 22.4 Å². The molecule has 1 aliphatic rings. The van der Waals surface area contributed by atoms with Gasteiger partial charge in [0.1, 0.15) is 16.7 Å². The summed E-state index contributed by atoms with van der Waals surface area (Å²) in [7, 11) is 1.66. The maximum Gasteiger partial charge on any atom is 0.135 e. The van der Waals surface area contributed by atoms with Gasteiger partial charge < -0.3 is 9.15 Å². The van der Waals surface area contributed by atoms with Crippen molar-refractivity contribution in [1.82, 2.24) is 0 Å². The van der Waals surface area contributed by atoms with Gasteiger partial charge in [-0.25, -0.2) is 0 Å². The lowest BCUT2D eigenvalue weighted by Gasteiger charge is -2.01. The highest BCUT2D eigenvalue weighted by molar-refractivity contribution is 5.84. The molecule has 0 amide bonds. The van der Waals surface area contributed by atoms with Crippen LogP contribution in [0.2, 0.25) is 0 Å². The standard InChI is InChI=1S/C14H12O2/c1-9-7-14-11(8-13(9)15-2)10-5-3-4-6-12(10)16-14/h3-4,6-8H,1,5H2,2H3. The molecule has 0 radical (unpaired) electrons. The van der Waals surface area contributed by atoms with Crippen LogP contribution in [0, 0.1) is 0 Å². The molecule has 0 fully saturated rings. The monoisotopic (exact) mass is 212 g/mol. The Morgan fingerprint density at radius 1 is 1.38 bits per heavy atom. The number of furan rings is 1. The Labute approximate surface area is 93.1 Å². The molecule has 2 nitrogen and oxygen atoms in total. The van der Waals surface area contributed by atoms with E-state index in [0.717, 1.165) is 33.8 Å². The van der Waals surface area contributed by atoms with Gasteiger partial charge >= 0.3 is 0 Å². The number of methoxy groups -OCH3 is 1. The Morgan fingerprint density at radius 2 is 2.25 bits per heavy atom. The average Bonchev–Trinajstić information content (AvgIpc) is 2.65.